The summed E-state index contributed by atoms with van der Waals surface area (Å²) in [7, 11) is 0. The van der Waals surface area contributed by atoms with Crippen LogP contribution in [0.3, 0.4) is 0 Å². The van der Waals surface area contributed by atoms with Crippen molar-refractivity contribution in [2.45, 2.75) is 32.2 Å². The summed E-state index contributed by atoms with van der Waals surface area (Å²) < 4.78 is 5.13. The maximum atomic E-state index is 5.89. The number of hydrogen-bond donors (Lipinski definition) is 2. The van der Waals surface area contributed by atoms with Gasteiger partial charge in [-0.25, -0.2) is 0 Å². The zero-order valence-electron chi connectivity index (χ0n) is 8.37. The third kappa shape index (κ3) is 2.08. The van der Waals surface area contributed by atoms with Crippen molar-refractivity contribution in [3.05, 3.63) is 17.5 Å². The van der Waals surface area contributed by atoms with Gasteiger partial charge in [-0.1, -0.05) is 19.0 Å². The Labute approximate surface area is 78.3 Å². The van der Waals surface area contributed by atoms with Crippen molar-refractivity contribution in [1.29, 1.82) is 0 Å². The molecule has 0 bridgehead atoms. The lowest BCUT2D eigenvalue weighted by molar-refractivity contribution is 0.307. The Hall–Kier alpha value is -0.870. The van der Waals surface area contributed by atoms with Gasteiger partial charge in [-0.15, -0.1) is 0 Å². The monoisotopic (exact) mass is 183 g/mol. The fraction of sp³-hybridized carbons (Fsp3) is 0.667. The molecule has 13 heavy (non-hydrogen) atoms. The summed E-state index contributed by atoms with van der Waals surface area (Å²) in [5.41, 5.74) is 11.7. The van der Waals surface area contributed by atoms with Crippen LogP contribution in [-0.2, 0) is 5.54 Å². The Balaban J connectivity index is 2.91. The topological polar surface area (TPSA) is 78.1 Å². The highest BCUT2D eigenvalue weighted by molar-refractivity contribution is 5.16. The van der Waals surface area contributed by atoms with Gasteiger partial charge < -0.3 is 16.0 Å². The molecule has 4 heteroatoms. The first-order valence-electron chi connectivity index (χ1n) is 4.43. The second kappa shape index (κ2) is 3.47. The minimum atomic E-state index is -0.611. The van der Waals surface area contributed by atoms with E-state index in [0.29, 0.717) is 18.2 Å². The maximum Gasteiger partial charge on any atom is 0.157 e. The van der Waals surface area contributed by atoms with Crippen LogP contribution in [0.5, 0.6) is 0 Å². The smallest absolute Gasteiger partial charge is 0.157 e. The van der Waals surface area contributed by atoms with Crippen molar-refractivity contribution >= 4 is 0 Å². The first-order valence-corrected chi connectivity index (χ1v) is 4.43. The van der Waals surface area contributed by atoms with E-state index in [2.05, 4.69) is 19.0 Å². The maximum absolute atomic E-state index is 5.89. The van der Waals surface area contributed by atoms with Gasteiger partial charge in [0.15, 0.2) is 5.76 Å². The van der Waals surface area contributed by atoms with Crippen LogP contribution in [0.1, 0.15) is 38.1 Å². The molecule has 0 aliphatic heterocycles. The van der Waals surface area contributed by atoms with Crippen molar-refractivity contribution in [2.75, 3.05) is 6.54 Å². The normalized spacial score (nSPS) is 16.2. The van der Waals surface area contributed by atoms with Gasteiger partial charge in [0.05, 0.1) is 11.2 Å². The Bertz CT molecular complexity index is 278. The van der Waals surface area contributed by atoms with E-state index in [9.17, 15) is 0 Å². The van der Waals surface area contributed by atoms with Crippen molar-refractivity contribution in [3.8, 4) is 0 Å². The third-order valence-electron chi connectivity index (χ3n) is 2.11. The van der Waals surface area contributed by atoms with Crippen molar-refractivity contribution in [3.63, 3.8) is 0 Å². The van der Waals surface area contributed by atoms with Gasteiger partial charge in [0.25, 0.3) is 0 Å². The Kier molecular flexibility index (Phi) is 2.73. The van der Waals surface area contributed by atoms with E-state index in [-0.39, 0.29) is 0 Å². The molecule has 0 aliphatic rings. The number of aromatic nitrogens is 1. The number of hydrogen-bond acceptors (Lipinski definition) is 4. The molecular formula is C9H17N3O. The van der Waals surface area contributed by atoms with Crippen molar-refractivity contribution in [2.24, 2.45) is 11.5 Å². The molecule has 4 nitrogen and oxygen atoms in total. The van der Waals surface area contributed by atoms with Gasteiger partial charge in [-0.05, 0) is 12.8 Å². The lowest BCUT2D eigenvalue weighted by Crippen LogP contribution is -2.40. The summed E-state index contributed by atoms with van der Waals surface area (Å²) in [5.74, 6) is 1.00. The van der Waals surface area contributed by atoms with Crippen LogP contribution < -0.4 is 11.5 Å². The average molecular weight is 183 g/mol. The molecule has 0 aromatic carbocycles. The van der Waals surface area contributed by atoms with Crippen LogP contribution in [0.2, 0.25) is 0 Å². The molecule has 4 N–H and O–H groups in total. The molecule has 0 aliphatic carbocycles. The highest BCUT2D eigenvalue weighted by atomic mass is 16.5. The minimum absolute atomic E-state index is 0.347. The molecule has 1 rings (SSSR count). The Morgan fingerprint density at radius 3 is 2.62 bits per heavy atom. The van der Waals surface area contributed by atoms with Gasteiger partial charge in [0.2, 0.25) is 0 Å². The van der Waals surface area contributed by atoms with Crippen molar-refractivity contribution in [1.82, 2.24) is 5.16 Å². The zero-order chi connectivity index (χ0) is 10.1. The lowest BCUT2D eigenvalue weighted by atomic mass is 9.99. The van der Waals surface area contributed by atoms with Crippen LogP contribution in [0.4, 0.5) is 0 Å². The Morgan fingerprint density at radius 2 is 2.23 bits per heavy atom. The van der Waals surface area contributed by atoms with Crippen molar-refractivity contribution < 1.29 is 4.52 Å². The fourth-order valence-electron chi connectivity index (χ4n) is 0.931. The van der Waals surface area contributed by atoms with Gasteiger partial charge in [0.1, 0.15) is 0 Å². The molecule has 0 fully saturated rings. The third-order valence-corrected chi connectivity index (χ3v) is 2.11. The highest BCUT2D eigenvalue weighted by Gasteiger charge is 2.24. The SMILES string of the molecule is CC(C)c1cc(C(C)(N)CN)on1. The van der Waals surface area contributed by atoms with Gasteiger partial charge in [-0.3, -0.25) is 0 Å². The van der Waals surface area contributed by atoms with E-state index in [1.54, 1.807) is 0 Å². The van der Waals surface area contributed by atoms with E-state index < -0.39 is 5.54 Å². The number of nitrogens with zero attached hydrogens (tertiary/aromatic N) is 1. The molecule has 1 aromatic rings. The predicted octanol–water partition coefficient (Wildman–Crippen LogP) is 0.931. The Morgan fingerprint density at radius 1 is 1.62 bits per heavy atom. The van der Waals surface area contributed by atoms with E-state index >= 15 is 0 Å². The molecule has 1 atom stereocenters. The average Bonchev–Trinajstić information content (AvgIpc) is 2.52. The first kappa shape index (κ1) is 10.2. The molecule has 0 saturated heterocycles. The van der Waals surface area contributed by atoms with Gasteiger partial charge in [0, 0.05) is 12.6 Å². The molecule has 0 spiro atoms. The second-order valence-electron chi connectivity index (χ2n) is 3.89. The molecule has 1 heterocycles. The quantitative estimate of drug-likeness (QED) is 0.730. The van der Waals surface area contributed by atoms with E-state index in [1.807, 2.05) is 13.0 Å². The van der Waals surface area contributed by atoms with Gasteiger partial charge in [-0.2, -0.15) is 0 Å². The van der Waals surface area contributed by atoms with Crippen LogP contribution in [0, 0.1) is 0 Å². The highest BCUT2D eigenvalue weighted by Crippen LogP contribution is 2.21. The standard InChI is InChI=1S/C9H17N3O/c1-6(2)7-4-8(13-12-7)9(3,11)5-10/h4,6H,5,10-11H2,1-3H3. The molecule has 0 radical (unpaired) electrons. The van der Waals surface area contributed by atoms with E-state index in [4.69, 9.17) is 16.0 Å². The number of nitrogens with two attached hydrogens (primary N) is 2. The largest absolute Gasteiger partial charge is 0.359 e. The van der Waals surface area contributed by atoms with E-state index in [1.165, 1.54) is 0 Å². The summed E-state index contributed by atoms with van der Waals surface area (Å²) in [4.78, 5) is 0. The first-order chi connectivity index (χ1) is 5.97. The lowest BCUT2D eigenvalue weighted by Gasteiger charge is -2.17. The predicted molar refractivity (Wildman–Crippen MR) is 51.2 cm³/mol. The molecule has 0 saturated carbocycles. The van der Waals surface area contributed by atoms with Crippen LogP contribution >= 0.6 is 0 Å². The molecule has 1 unspecified atom stereocenters. The molecule has 74 valence electrons. The summed E-state index contributed by atoms with van der Waals surface area (Å²) in [6.07, 6.45) is 0. The molecule has 1 aromatic heterocycles. The van der Waals surface area contributed by atoms with Crippen LogP contribution in [0.25, 0.3) is 0 Å². The summed E-state index contributed by atoms with van der Waals surface area (Å²) in [5, 5.41) is 3.92. The molecular weight excluding hydrogens is 166 g/mol. The number of rotatable bonds is 3. The summed E-state index contributed by atoms with van der Waals surface area (Å²) in [6, 6.07) is 1.87. The van der Waals surface area contributed by atoms with Crippen LogP contribution in [0.15, 0.2) is 10.6 Å². The second-order valence-corrected chi connectivity index (χ2v) is 3.89. The van der Waals surface area contributed by atoms with E-state index in [0.717, 1.165) is 5.69 Å². The summed E-state index contributed by atoms with van der Waals surface area (Å²) >= 11 is 0. The zero-order valence-corrected chi connectivity index (χ0v) is 8.37. The van der Waals surface area contributed by atoms with Crippen LogP contribution in [-0.4, -0.2) is 11.7 Å². The minimum Gasteiger partial charge on any atom is -0.359 e. The molecule has 0 amide bonds. The summed E-state index contributed by atoms with van der Waals surface area (Å²) in [6.45, 7) is 6.28. The fourth-order valence-corrected chi connectivity index (χ4v) is 0.931. The van der Waals surface area contributed by atoms with Gasteiger partial charge >= 0.3 is 0 Å².